The van der Waals surface area contributed by atoms with Gasteiger partial charge in [-0.1, -0.05) is 6.07 Å². The molecular weight excluding hydrogens is 238 g/mol. The summed E-state index contributed by atoms with van der Waals surface area (Å²) in [5, 5.41) is 0. The molecule has 104 valence electrons. The lowest BCUT2D eigenvalue weighted by Gasteiger charge is -2.19. The highest BCUT2D eigenvalue weighted by Gasteiger charge is 2.23. The molecule has 1 aromatic rings. The lowest BCUT2D eigenvalue weighted by Crippen LogP contribution is -2.22. The van der Waals surface area contributed by atoms with Crippen LogP contribution in [0.1, 0.15) is 36.7 Å². The van der Waals surface area contributed by atoms with Gasteiger partial charge in [-0.15, -0.1) is 0 Å². The molecule has 1 aliphatic heterocycles. The van der Waals surface area contributed by atoms with Crippen LogP contribution >= 0.6 is 0 Å². The van der Waals surface area contributed by atoms with Gasteiger partial charge in [0.05, 0.1) is 11.7 Å². The number of aromatic nitrogens is 1. The lowest BCUT2D eigenvalue weighted by molar-refractivity contribution is -0.128. The molecule has 2 heterocycles. The molecule has 1 fully saturated rings. The van der Waals surface area contributed by atoms with E-state index in [9.17, 15) is 4.79 Å². The van der Waals surface area contributed by atoms with Gasteiger partial charge in [-0.2, -0.15) is 0 Å². The molecule has 0 spiro atoms. The van der Waals surface area contributed by atoms with Crippen molar-refractivity contribution in [2.75, 3.05) is 27.7 Å². The van der Waals surface area contributed by atoms with E-state index < -0.39 is 0 Å². The normalized spacial score (nSPS) is 19.6. The van der Waals surface area contributed by atoms with Crippen LogP contribution in [-0.2, 0) is 11.2 Å². The topological polar surface area (TPSA) is 36.4 Å². The molecule has 4 nitrogen and oxygen atoms in total. The molecule has 1 aliphatic rings. The molecule has 1 aromatic heterocycles. The summed E-state index contributed by atoms with van der Waals surface area (Å²) in [6.45, 7) is 1.15. The first-order chi connectivity index (χ1) is 9.08. The summed E-state index contributed by atoms with van der Waals surface area (Å²) in [6, 6.07) is 6.62. The molecule has 0 unspecified atom stereocenters. The molecular formula is C15H23N3O. The fourth-order valence-electron chi connectivity index (χ4n) is 2.57. The van der Waals surface area contributed by atoms with Gasteiger partial charge >= 0.3 is 0 Å². The fraction of sp³-hybridized carbons (Fsp3) is 0.600. The average Bonchev–Trinajstić information content (AvgIpc) is 2.82. The smallest absolute Gasteiger partial charge is 0.222 e. The molecule has 19 heavy (non-hydrogen) atoms. The molecule has 2 rings (SSSR count). The van der Waals surface area contributed by atoms with Crippen LogP contribution in [-0.4, -0.2) is 48.4 Å². The van der Waals surface area contributed by atoms with Crippen molar-refractivity contribution in [3.8, 4) is 0 Å². The van der Waals surface area contributed by atoms with E-state index in [-0.39, 0.29) is 5.91 Å². The van der Waals surface area contributed by atoms with Crippen molar-refractivity contribution in [2.45, 2.75) is 31.7 Å². The minimum absolute atomic E-state index is 0.158. The maximum atomic E-state index is 11.6. The minimum atomic E-state index is 0.158. The summed E-state index contributed by atoms with van der Waals surface area (Å²) in [5.41, 5.74) is 2.17. The second kappa shape index (κ2) is 6.15. The van der Waals surface area contributed by atoms with Crippen LogP contribution in [0.3, 0.4) is 0 Å². The Morgan fingerprint density at radius 2 is 2.26 bits per heavy atom. The zero-order valence-corrected chi connectivity index (χ0v) is 12.1. The number of aryl methyl sites for hydroxylation is 1. The monoisotopic (exact) mass is 261 g/mol. The van der Waals surface area contributed by atoms with Crippen LogP contribution in [0, 0.1) is 0 Å². The Kier molecular flexibility index (Phi) is 4.53. The molecule has 0 bridgehead atoms. The summed E-state index contributed by atoms with van der Waals surface area (Å²) in [6.07, 6.45) is 3.68. The van der Waals surface area contributed by atoms with Crippen LogP contribution in [0.5, 0.6) is 0 Å². The van der Waals surface area contributed by atoms with Crippen molar-refractivity contribution >= 4 is 5.91 Å². The Morgan fingerprint density at radius 3 is 2.89 bits per heavy atom. The number of hydrogen-bond donors (Lipinski definition) is 0. The van der Waals surface area contributed by atoms with E-state index in [1.54, 1.807) is 19.0 Å². The van der Waals surface area contributed by atoms with Gasteiger partial charge in [0, 0.05) is 26.2 Å². The van der Waals surface area contributed by atoms with Crippen molar-refractivity contribution in [1.29, 1.82) is 0 Å². The van der Waals surface area contributed by atoms with E-state index >= 15 is 0 Å². The van der Waals surface area contributed by atoms with E-state index in [1.165, 1.54) is 12.8 Å². The number of rotatable bonds is 4. The third kappa shape index (κ3) is 3.53. The fourth-order valence-corrected chi connectivity index (χ4v) is 2.57. The van der Waals surface area contributed by atoms with Crippen LogP contribution in [0.2, 0.25) is 0 Å². The second-order valence-corrected chi connectivity index (χ2v) is 5.48. The molecule has 1 amide bonds. The van der Waals surface area contributed by atoms with Gasteiger partial charge in [0.1, 0.15) is 0 Å². The highest BCUT2D eigenvalue weighted by Crippen LogP contribution is 2.28. The quantitative estimate of drug-likeness (QED) is 0.830. The number of carbonyl (C=O) groups excluding carboxylic acids is 1. The first-order valence-corrected chi connectivity index (χ1v) is 6.94. The summed E-state index contributed by atoms with van der Waals surface area (Å²) >= 11 is 0. The molecule has 1 atom stereocenters. The largest absolute Gasteiger partial charge is 0.349 e. The first-order valence-electron chi connectivity index (χ1n) is 6.94. The molecule has 4 heteroatoms. The molecule has 0 aromatic carbocycles. The Balaban J connectivity index is 2.01. The average molecular weight is 261 g/mol. The van der Waals surface area contributed by atoms with Crippen LogP contribution in [0.4, 0.5) is 0 Å². The van der Waals surface area contributed by atoms with Crippen molar-refractivity contribution in [2.24, 2.45) is 0 Å². The zero-order valence-electron chi connectivity index (χ0n) is 12.1. The number of hydrogen-bond acceptors (Lipinski definition) is 3. The summed E-state index contributed by atoms with van der Waals surface area (Å²) < 4.78 is 0. The van der Waals surface area contributed by atoms with E-state index in [0.717, 1.165) is 24.4 Å². The summed E-state index contributed by atoms with van der Waals surface area (Å²) in [5.74, 6) is 0.158. The Labute approximate surface area is 115 Å². The molecule has 0 aliphatic carbocycles. The third-order valence-corrected chi connectivity index (χ3v) is 3.78. The predicted octanol–water partition coefficient (Wildman–Crippen LogP) is 1.87. The number of carbonyl (C=O) groups is 1. The zero-order chi connectivity index (χ0) is 13.8. The first kappa shape index (κ1) is 14.0. The second-order valence-electron chi connectivity index (χ2n) is 5.48. The molecule has 1 saturated heterocycles. The highest BCUT2D eigenvalue weighted by atomic mass is 16.2. The molecule has 0 radical (unpaired) electrons. The van der Waals surface area contributed by atoms with E-state index in [4.69, 9.17) is 4.98 Å². The van der Waals surface area contributed by atoms with Crippen molar-refractivity contribution in [3.05, 3.63) is 29.6 Å². The van der Waals surface area contributed by atoms with Crippen molar-refractivity contribution in [3.63, 3.8) is 0 Å². The Bertz CT molecular complexity index is 445. The van der Waals surface area contributed by atoms with Gasteiger partial charge in [-0.05, 0) is 45.0 Å². The van der Waals surface area contributed by atoms with Gasteiger partial charge in [-0.25, -0.2) is 0 Å². The summed E-state index contributed by atoms with van der Waals surface area (Å²) in [4.78, 5) is 20.3. The maximum absolute atomic E-state index is 11.6. The molecule has 0 N–H and O–H groups in total. The SMILES string of the molecule is CN(C)C(=O)CCc1cccc([C@H]2CCCN2C)n1. The van der Waals surface area contributed by atoms with Gasteiger partial charge in [-0.3, -0.25) is 14.7 Å². The van der Waals surface area contributed by atoms with Gasteiger partial charge in [0.2, 0.25) is 5.91 Å². The maximum Gasteiger partial charge on any atom is 0.222 e. The predicted molar refractivity (Wildman–Crippen MR) is 75.9 cm³/mol. The standard InChI is InChI=1S/C15H23N3O/c1-17(2)15(19)10-9-12-6-4-7-13(16-12)14-8-5-11-18(14)3/h4,6-7,14H,5,8-11H2,1-3H3/t14-/m1/s1. The van der Waals surface area contributed by atoms with Crippen LogP contribution in [0.15, 0.2) is 18.2 Å². The number of amides is 1. The molecule has 0 saturated carbocycles. The van der Waals surface area contributed by atoms with Gasteiger partial charge in [0.25, 0.3) is 0 Å². The van der Waals surface area contributed by atoms with Crippen LogP contribution < -0.4 is 0 Å². The van der Waals surface area contributed by atoms with Crippen LogP contribution in [0.25, 0.3) is 0 Å². The Hall–Kier alpha value is -1.42. The van der Waals surface area contributed by atoms with E-state index in [0.29, 0.717) is 12.5 Å². The van der Waals surface area contributed by atoms with E-state index in [2.05, 4.69) is 24.1 Å². The number of likely N-dealkylation sites (tertiary alicyclic amines) is 1. The summed E-state index contributed by atoms with van der Waals surface area (Å²) in [7, 11) is 5.74. The van der Waals surface area contributed by atoms with Crippen molar-refractivity contribution in [1.82, 2.24) is 14.8 Å². The number of nitrogens with zero attached hydrogens (tertiary/aromatic N) is 3. The van der Waals surface area contributed by atoms with Crippen molar-refractivity contribution < 1.29 is 4.79 Å². The van der Waals surface area contributed by atoms with Gasteiger partial charge in [0.15, 0.2) is 0 Å². The van der Waals surface area contributed by atoms with E-state index in [1.807, 2.05) is 6.07 Å². The minimum Gasteiger partial charge on any atom is -0.349 e. The van der Waals surface area contributed by atoms with Gasteiger partial charge < -0.3 is 4.90 Å². The Morgan fingerprint density at radius 1 is 1.47 bits per heavy atom. The number of pyridine rings is 1. The third-order valence-electron chi connectivity index (χ3n) is 3.78. The lowest BCUT2D eigenvalue weighted by atomic mass is 10.1. The highest BCUT2D eigenvalue weighted by molar-refractivity contribution is 5.75.